The predicted octanol–water partition coefficient (Wildman–Crippen LogP) is 3.21. The number of anilines is 1. The molecule has 1 N–H and O–H groups in total. The summed E-state index contributed by atoms with van der Waals surface area (Å²) in [7, 11) is 1.78. The number of ether oxygens (including phenoxy) is 1. The molecular formula is C15H27N3OS. The minimum Gasteiger partial charge on any atom is -0.383 e. The van der Waals surface area contributed by atoms with Crippen molar-refractivity contribution in [1.29, 1.82) is 0 Å². The van der Waals surface area contributed by atoms with Gasteiger partial charge in [-0.1, -0.05) is 6.92 Å². The first kappa shape index (κ1) is 15.7. The summed E-state index contributed by atoms with van der Waals surface area (Å²) in [5.41, 5.74) is 0. The summed E-state index contributed by atoms with van der Waals surface area (Å²) >= 11 is 1.78. The Bertz CT molecular complexity index is 392. The lowest BCUT2D eigenvalue weighted by Crippen LogP contribution is -2.36. The summed E-state index contributed by atoms with van der Waals surface area (Å²) in [6.45, 7) is 8.32. The zero-order chi connectivity index (χ0) is 14.4. The van der Waals surface area contributed by atoms with Crippen LogP contribution in [0.15, 0.2) is 6.20 Å². The molecule has 1 fully saturated rings. The summed E-state index contributed by atoms with van der Waals surface area (Å²) in [6, 6.07) is 0.652. The highest BCUT2D eigenvalue weighted by Crippen LogP contribution is 2.36. The van der Waals surface area contributed by atoms with Gasteiger partial charge in [0.2, 0.25) is 0 Å². The fraction of sp³-hybridized carbons (Fsp3) is 0.800. The molecule has 0 bridgehead atoms. The molecule has 1 heterocycles. The van der Waals surface area contributed by atoms with Gasteiger partial charge < -0.3 is 10.1 Å². The lowest BCUT2D eigenvalue weighted by molar-refractivity contribution is 0.112. The van der Waals surface area contributed by atoms with E-state index in [4.69, 9.17) is 4.74 Å². The van der Waals surface area contributed by atoms with Crippen molar-refractivity contribution in [3.05, 3.63) is 11.1 Å². The Morgan fingerprint density at radius 2 is 2.35 bits per heavy atom. The highest BCUT2D eigenvalue weighted by molar-refractivity contribution is 7.15. The molecule has 5 heteroatoms. The molecule has 114 valence electrons. The van der Waals surface area contributed by atoms with E-state index in [9.17, 15) is 0 Å². The summed E-state index contributed by atoms with van der Waals surface area (Å²) in [6.07, 6.45) is 5.92. The topological polar surface area (TPSA) is 37.4 Å². The molecule has 0 aliphatic heterocycles. The Balaban J connectivity index is 1.90. The lowest BCUT2D eigenvalue weighted by Gasteiger charge is -2.28. The first-order valence-corrected chi connectivity index (χ1v) is 8.47. The van der Waals surface area contributed by atoms with Crippen molar-refractivity contribution in [1.82, 2.24) is 9.88 Å². The third-order valence-electron chi connectivity index (χ3n) is 3.90. The van der Waals surface area contributed by atoms with E-state index in [2.05, 4.69) is 29.0 Å². The van der Waals surface area contributed by atoms with Gasteiger partial charge in [0.25, 0.3) is 0 Å². The average molecular weight is 297 g/mol. The van der Waals surface area contributed by atoms with Crippen molar-refractivity contribution in [2.45, 2.75) is 45.7 Å². The average Bonchev–Trinajstić information content (AvgIpc) is 3.21. The molecule has 0 saturated heterocycles. The third kappa shape index (κ3) is 4.72. The van der Waals surface area contributed by atoms with Crippen molar-refractivity contribution in [3.8, 4) is 0 Å². The fourth-order valence-corrected chi connectivity index (χ4v) is 3.27. The molecule has 0 spiro atoms. The van der Waals surface area contributed by atoms with E-state index in [1.807, 2.05) is 6.20 Å². The number of nitrogens with one attached hydrogen (secondary N) is 1. The molecule has 1 unspecified atom stereocenters. The summed E-state index contributed by atoms with van der Waals surface area (Å²) < 4.78 is 5.25. The number of methoxy groups -OCH3 is 1. The predicted molar refractivity (Wildman–Crippen MR) is 85.4 cm³/mol. The summed E-state index contributed by atoms with van der Waals surface area (Å²) in [4.78, 5) is 8.34. The van der Waals surface area contributed by atoms with Gasteiger partial charge in [0.05, 0.1) is 6.61 Å². The van der Waals surface area contributed by atoms with E-state index in [1.54, 1.807) is 18.4 Å². The Labute approximate surface area is 126 Å². The molecule has 1 atom stereocenters. The van der Waals surface area contributed by atoms with Crippen LogP contribution in [-0.4, -0.2) is 42.7 Å². The largest absolute Gasteiger partial charge is 0.383 e. The fourth-order valence-electron chi connectivity index (χ4n) is 2.41. The van der Waals surface area contributed by atoms with Gasteiger partial charge in [0, 0.05) is 43.9 Å². The van der Waals surface area contributed by atoms with Crippen LogP contribution in [-0.2, 0) is 11.3 Å². The highest BCUT2D eigenvalue weighted by Gasteiger charge is 2.31. The van der Waals surface area contributed by atoms with E-state index in [0.717, 1.165) is 43.7 Å². The van der Waals surface area contributed by atoms with Crippen molar-refractivity contribution in [3.63, 3.8) is 0 Å². The molecule has 0 radical (unpaired) electrons. The van der Waals surface area contributed by atoms with E-state index in [1.165, 1.54) is 17.7 Å². The van der Waals surface area contributed by atoms with Gasteiger partial charge in [-0.05, 0) is 32.1 Å². The molecule has 0 aromatic carbocycles. The molecule has 1 aliphatic rings. The van der Waals surface area contributed by atoms with E-state index in [-0.39, 0.29) is 0 Å². The van der Waals surface area contributed by atoms with Crippen molar-refractivity contribution in [2.24, 2.45) is 5.92 Å². The number of rotatable bonds is 10. The first-order valence-electron chi connectivity index (χ1n) is 7.66. The van der Waals surface area contributed by atoms with Crippen LogP contribution >= 0.6 is 11.3 Å². The molecule has 2 rings (SSSR count). The van der Waals surface area contributed by atoms with E-state index >= 15 is 0 Å². The van der Waals surface area contributed by atoms with Crippen LogP contribution in [0.2, 0.25) is 0 Å². The Morgan fingerprint density at radius 3 is 3.00 bits per heavy atom. The maximum Gasteiger partial charge on any atom is 0.182 e. The third-order valence-corrected chi connectivity index (χ3v) is 4.84. The van der Waals surface area contributed by atoms with Gasteiger partial charge in [-0.3, -0.25) is 4.90 Å². The van der Waals surface area contributed by atoms with Crippen LogP contribution in [0.5, 0.6) is 0 Å². The van der Waals surface area contributed by atoms with Gasteiger partial charge in [-0.2, -0.15) is 0 Å². The van der Waals surface area contributed by atoms with Gasteiger partial charge in [0.1, 0.15) is 0 Å². The van der Waals surface area contributed by atoms with E-state index in [0.29, 0.717) is 6.04 Å². The summed E-state index contributed by atoms with van der Waals surface area (Å²) in [5, 5.41) is 4.41. The summed E-state index contributed by atoms with van der Waals surface area (Å²) in [5.74, 6) is 0.887. The highest BCUT2D eigenvalue weighted by atomic mass is 32.1. The first-order chi connectivity index (χ1) is 9.74. The van der Waals surface area contributed by atoms with Crippen molar-refractivity contribution < 1.29 is 4.74 Å². The van der Waals surface area contributed by atoms with Crippen LogP contribution in [0.25, 0.3) is 0 Å². The monoisotopic (exact) mass is 297 g/mol. The van der Waals surface area contributed by atoms with Crippen LogP contribution in [0.4, 0.5) is 5.13 Å². The SMILES string of the molecule is CCCNc1ncc(CN(CCOC)C(C)C2CC2)s1. The molecule has 1 aromatic rings. The number of hydrogen-bond acceptors (Lipinski definition) is 5. The van der Waals surface area contributed by atoms with Gasteiger partial charge in [0.15, 0.2) is 5.13 Å². The second kappa shape index (κ2) is 7.96. The molecule has 20 heavy (non-hydrogen) atoms. The van der Waals surface area contributed by atoms with Gasteiger partial charge in [-0.25, -0.2) is 4.98 Å². The molecule has 4 nitrogen and oxygen atoms in total. The minimum atomic E-state index is 0.652. The molecule has 0 amide bonds. The van der Waals surface area contributed by atoms with Crippen molar-refractivity contribution >= 4 is 16.5 Å². The number of thiazole rings is 1. The molecule has 1 saturated carbocycles. The maximum absolute atomic E-state index is 5.25. The van der Waals surface area contributed by atoms with Crippen LogP contribution in [0, 0.1) is 5.92 Å². The quantitative estimate of drug-likeness (QED) is 0.719. The zero-order valence-corrected chi connectivity index (χ0v) is 13.7. The van der Waals surface area contributed by atoms with E-state index < -0.39 is 0 Å². The van der Waals surface area contributed by atoms with Crippen LogP contribution in [0.3, 0.4) is 0 Å². The smallest absolute Gasteiger partial charge is 0.182 e. The molecular weight excluding hydrogens is 270 g/mol. The second-order valence-corrected chi connectivity index (χ2v) is 6.72. The molecule has 1 aromatic heterocycles. The second-order valence-electron chi connectivity index (χ2n) is 5.60. The minimum absolute atomic E-state index is 0.652. The van der Waals surface area contributed by atoms with Crippen LogP contribution < -0.4 is 5.32 Å². The van der Waals surface area contributed by atoms with Crippen LogP contribution in [0.1, 0.15) is 38.0 Å². The Hall–Kier alpha value is -0.650. The Morgan fingerprint density at radius 1 is 1.55 bits per heavy atom. The van der Waals surface area contributed by atoms with Gasteiger partial charge >= 0.3 is 0 Å². The van der Waals surface area contributed by atoms with Gasteiger partial charge in [-0.15, -0.1) is 11.3 Å². The Kier molecular flexibility index (Phi) is 6.26. The normalized spacial score (nSPS) is 16.6. The number of nitrogens with zero attached hydrogens (tertiary/aromatic N) is 2. The number of aromatic nitrogens is 1. The molecule has 1 aliphatic carbocycles. The standard InChI is InChI=1S/C15H27N3OS/c1-4-7-16-15-17-10-14(20-15)11-18(8-9-19-3)12(2)13-5-6-13/h10,12-13H,4-9,11H2,1-3H3,(H,16,17). The maximum atomic E-state index is 5.25. The number of hydrogen-bond donors (Lipinski definition) is 1. The lowest BCUT2D eigenvalue weighted by atomic mass is 10.2. The van der Waals surface area contributed by atoms with Crippen molar-refractivity contribution in [2.75, 3.05) is 32.1 Å². The zero-order valence-electron chi connectivity index (χ0n) is 12.9.